The van der Waals surface area contributed by atoms with E-state index in [4.69, 9.17) is 4.74 Å². The highest BCUT2D eigenvalue weighted by atomic mass is 16.6. The van der Waals surface area contributed by atoms with Crippen LogP contribution in [-0.4, -0.2) is 20.1 Å². The van der Waals surface area contributed by atoms with E-state index in [0.29, 0.717) is 5.56 Å². The number of methoxy groups -OCH3 is 1. The first-order valence-electron chi connectivity index (χ1n) is 4.73. The minimum atomic E-state index is -0.256. The molecule has 1 N–H and O–H groups in total. The van der Waals surface area contributed by atoms with Crippen LogP contribution in [0.4, 0.5) is 0 Å². The van der Waals surface area contributed by atoms with E-state index in [-0.39, 0.29) is 5.91 Å². The number of carbonyl (C=O) groups excluding carboxylic acids is 1. The molecule has 0 aliphatic carbocycles. The van der Waals surface area contributed by atoms with Crippen molar-refractivity contribution in [2.24, 2.45) is 0 Å². The zero-order chi connectivity index (χ0) is 11.3. The molecule has 0 spiro atoms. The lowest BCUT2D eigenvalue weighted by atomic mass is 10.0. The SMILES string of the molecule is CCc1c(OC)cccc1C(=O)NOC. The van der Waals surface area contributed by atoms with Gasteiger partial charge in [-0.3, -0.25) is 9.63 Å². The molecule has 4 heteroatoms. The van der Waals surface area contributed by atoms with Crippen molar-refractivity contribution in [3.8, 4) is 5.75 Å². The molecule has 0 aliphatic rings. The van der Waals surface area contributed by atoms with Gasteiger partial charge in [0.25, 0.3) is 5.91 Å². The molecule has 4 nitrogen and oxygen atoms in total. The van der Waals surface area contributed by atoms with Crippen LogP contribution in [0.2, 0.25) is 0 Å². The topological polar surface area (TPSA) is 47.6 Å². The van der Waals surface area contributed by atoms with Gasteiger partial charge in [0.1, 0.15) is 5.75 Å². The van der Waals surface area contributed by atoms with Crippen LogP contribution >= 0.6 is 0 Å². The van der Waals surface area contributed by atoms with Crippen molar-refractivity contribution in [2.45, 2.75) is 13.3 Å². The molecule has 0 fully saturated rings. The van der Waals surface area contributed by atoms with E-state index in [1.165, 1.54) is 7.11 Å². The van der Waals surface area contributed by atoms with E-state index in [1.807, 2.05) is 13.0 Å². The lowest BCUT2D eigenvalue weighted by Crippen LogP contribution is -2.23. The van der Waals surface area contributed by atoms with Crippen molar-refractivity contribution in [1.29, 1.82) is 0 Å². The molecule has 0 unspecified atom stereocenters. The number of hydrogen-bond donors (Lipinski definition) is 1. The minimum absolute atomic E-state index is 0.256. The predicted molar refractivity (Wildman–Crippen MR) is 56.8 cm³/mol. The first-order valence-corrected chi connectivity index (χ1v) is 4.73. The Morgan fingerprint density at radius 1 is 1.40 bits per heavy atom. The van der Waals surface area contributed by atoms with Crippen LogP contribution in [0.5, 0.6) is 5.75 Å². The number of carbonyl (C=O) groups is 1. The third-order valence-electron chi connectivity index (χ3n) is 2.15. The molecule has 0 aliphatic heterocycles. The second-order valence-corrected chi connectivity index (χ2v) is 2.98. The molecule has 0 heterocycles. The third kappa shape index (κ3) is 2.47. The fraction of sp³-hybridized carbons (Fsp3) is 0.364. The van der Waals surface area contributed by atoms with Crippen LogP contribution in [0, 0.1) is 0 Å². The molecule has 0 saturated carbocycles. The summed E-state index contributed by atoms with van der Waals surface area (Å²) >= 11 is 0. The average Bonchev–Trinajstić information content (AvgIpc) is 2.28. The van der Waals surface area contributed by atoms with Gasteiger partial charge in [-0.1, -0.05) is 13.0 Å². The van der Waals surface area contributed by atoms with Crippen molar-refractivity contribution >= 4 is 5.91 Å². The van der Waals surface area contributed by atoms with Crippen molar-refractivity contribution in [3.63, 3.8) is 0 Å². The summed E-state index contributed by atoms with van der Waals surface area (Å²) in [6, 6.07) is 5.36. The van der Waals surface area contributed by atoms with E-state index < -0.39 is 0 Å². The van der Waals surface area contributed by atoms with Gasteiger partial charge < -0.3 is 4.74 Å². The minimum Gasteiger partial charge on any atom is -0.496 e. The van der Waals surface area contributed by atoms with Crippen LogP contribution in [0.25, 0.3) is 0 Å². The molecule has 1 rings (SSSR count). The first-order chi connectivity index (χ1) is 7.24. The summed E-state index contributed by atoms with van der Waals surface area (Å²) in [5.41, 5.74) is 3.76. The van der Waals surface area contributed by atoms with Crippen molar-refractivity contribution in [2.75, 3.05) is 14.2 Å². The Kier molecular flexibility index (Phi) is 4.12. The zero-order valence-electron chi connectivity index (χ0n) is 9.16. The molecule has 82 valence electrons. The lowest BCUT2D eigenvalue weighted by molar-refractivity contribution is 0.0536. The number of rotatable bonds is 4. The molecular formula is C11H15NO3. The first kappa shape index (κ1) is 11.5. The van der Waals surface area contributed by atoms with Crippen LogP contribution in [0.15, 0.2) is 18.2 Å². The van der Waals surface area contributed by atoms with E-state index in [9.17, 15) is 4.79 Å². The van der Waals surface area contributed by atoms with Crippen LogP contribution < -0.4 is 10.2 Å². The molecule has 0 radical (unpaired) electrons. The Balaban J connectivity index is 3.11. The maximum Gasteiger partial charge on any atom is 0.275 e. The average molecular weight is 209 g/mol. The van der Waals surface area contributed by atoms with Gasteiger partial charge in [-0.05, 0) is 18.6 Å². The summed E-state index contributed by atoms with van der Waals surface area (Å²) in [7, 11) is 3.00. The van der Waals surface area contributed by atoms with Gasteiger partial charge in [-0.15, -0.1) is 0 Å². The molecule has 1 aromatic rings. The molecule has 1 aromatic carbocycles. The number of ether oxygens (including phenoxy) is 1. The fourth-order valence-electron chi connectivity index (χ4n) is 1.48. The number of amides is 1. The van der Waals surface area contributed by atoms with Gasteiger partial charge in [-0.2, -0.15) is 0 Å². The van der Waals surface area contributed by atoms with E-state index in [1.54, 1.807) is 19.2 Å². The Bertz CT molecular complexity index is 350. The van der Waals surface area contributed by atoms with Crippen molar-refractivity contribution in [3.05, 3.63) is 29.3 Å². The lowest BCUT2D eigenvalue weighted by Gasteiger charge is -2.11. The van der Waals surface area contributed by atoms with Gasteiger partial charge >= 0.3 is 0 Å². The molecule has 1 amide bonds. The highest BCUT2D eigenvalue weighted by Crippen LogP contribution is 2.22. The largest absolute Gasteiger partial charge is 0.496 e. The number of benzene rings is 1. The van der Waals surface area contributed by atoms with Crippen LogP contribution in [-0.2, 0) is 11.3 Å². The Morgan fingerprint density at radius 2 is 2.13 bits per heavy atom. The third-order valence-corrected chi connectivity index (χ3v) is 2.15. The van der Waals surface area contributed by atoms with Gasteiger partial charge in [0.15, 0.2) is 0 Å². The Morgan fingerprint density at radius 3 is 2.67 bits per heavy atom. The highest BCUT2D eigenvalue weighted by molar-refractivity contribution is 5.95. The molecule has 0 saturated heterocycles. The standard InChI is InChI=1S/C11H15NO3/c1-4-8-9(11(13)12-15-3)6-5-7-10(8)14-2/h5-7H,4H2,1-3H3,(H,12,13). The maximum absolute atomic E-state index is 11.6. The Labute approximate surface area is 89.1 Å². The van der Waals surface area contributed by atoms with E-state index in [0.717, 1.165) is 17.7 Å². The summed E-state index contributed by atoms with van der Waals surface area (Å²) in [4.78, 5) is 16.2. The van der Waals surface area contributed by atoms with Gasteiger partial charge in [-0.25, -0.2) is 5.48 Å². The smallest absolute Gasteiger partial charge is 0.275 e. The molecule has 0 aromatic heterocycles. The zero-order valence-corrected chi connectivity index (χ0v) is 9.16. The summed E-state index contributed by atoms with van der Waals surface area (Å²) in [5.74, 6) is 0.467. The quantitative estimate of drug-likeness (QED) is 0.765. The summed E-state index contributed by atoms with van der Waals surface area (Å²) < 4.78 is 5.18. The monoisotopic (exact) mass is 209 g/mol. The van der Waals surface area contributed by atoms with Gasteiger partial charge in [0.05, 0.1) is 14.2 Å². The van der Waals surface area contributed by atoms with Crippen molar-refractivity contribution < 1.29 is 14.4 Å². The number of nitrogens with one attached hydrogen (secondary N) is 1. The molecule has 15 heavy (non-hydrogen) atoms. The Hall–Kier alpha value is -1.55. The number of hydrogen-bond acceptors (Lipinski definition) is 3. The normalized spacial score (nSPS) is 9.80. The fourth-order valence-corrected chi connectivity index (χ4v) is 1.48. The summed E-state index contributed by atoms with van der Waals surface area (Å²) in [5, 5.41) is 0. The molecule has 0 bridgehead atoms. The second kappa shape index (κ2) is 5.36. The van der Waals surface area contributed by atoms with Crippen molar-refractivity contribution in [1.82, 2.24) is 5.48 Å². The molecular weight excluding hydrogens is 194 g/mol. The predicted octanol–water partition coefficient (Wildman–Crippen LogP) is 1.55. The van der Waals surface area contributed by atoms with Crippen LogP contribution in [0.1, 0.15) is 22.8 Å². The van der Waals surface area contributed by atoms with E-state index in [2.05, 4.69) is 10.3 Å². The maximum atomic E-state index is 11.6. The van der Waals surface area contributed by atoms with Crippen LogP contribution in [0.3, 0.4) is 0 Å². The molecule has 0 atom stereocenters. The summed E-state index contributed by atoms with van der Waals surface area (Å²) in [6.07, 6.45) is 0.733. The number of hydroxylamine groups is 1. The second-order valence-electron chi connectivity index (χ2n) is 2.98. The summed E-state index contributed by atoms with van der Waals surface area (Å²) in [6.45, 7) is 1.97. The van der Waals surface area contributed by atoms with E-state index >= 15 is 0 Å². The van der Waals surface area contributed by atoms with Gasteiger partial charge in [0, 0.05) is 11.1 Å². The van der Waals surface area contributed by atoms with Gasteiger partial charge in [0.2, 0.25) is 0 Å². The highest BCUT2D eigenvalue weighted by Gasteiger charge is 2.13.